The number of hydrogen-bond acceptors (Lipinski definition) is 2. The zero-order valence-corrected chi connectivity index (χ0v) is 12.4. The van der Waals surface area contributed by atoms with E-state index in [2.05, 4.69) is 30.6 Å². The average Bonchev–Trinajstić information content (AvgIpc) is 2.84. The van der Waals surface area contributed by atoms with Crippen LogP contribution in [0.1, 0.15) is 62.4 Å². The highest BCUT2D eigenvalue weighted by atomic mass is 32.1. The van der Waals surface area contributed by atoms with Crippen LogP contribution in [-0.4, -0.2) is 6.04 Å². The fraction of sp³-hybridized carbons (Fsp3) is 0.750. The summed E-state index contributed by atoms with van der Waals surface area (Å²) >= 11 is 1.95. The number of rotatable bonds is 2. The van der Waals surface area contributed by atoms with E-state index < -0.39 is 0 Å². The number of thiophene rings is 1. The molecule has 0 aromatic carbocycles. The van der Waals surface area contributed by atoms with Crippen LogP contribution in [0.15, 0.2) is 11.4 Å². The maximum absolute atomic E-state index is 3.99. The maximum Gasteiger partial charge on any atom is 0.0333 e. The van der Waals surface area contributed by atoms with Gasteiger partial charge in [0.15, 0.2) is 0 Å². The van der Waals surface area contributed by atoms with Crippen LogP contribution >= 0.6 is 11.3 Å². The molecular formula is C16H25NS. The molecular weight excluding hydrogens is 238 g/mol. The lowest BCUT2D eigenvalue weighted by Crippen LogP contribution is -2.43. The highest BCUT2D eigenvalue weighted by Crippen LogP contribution is 2.36. The van der Waals surface area contributed by atoms with Crippen LogP contribution in [0.2, 0.25) is 0 Å². The minimum atomic E-state index is 0.637. The van der Waals surface area contributed by atoms with Crippen LogP contribution in [-0.2, 0) is 6.42 Å². The fourth-order valence-electron chi connectivity index (χ4n) is 3.74. The molecule has 1 fully saturated rings. The molecule has 1 nitrogen and oxygen atoms in total. The van der Waals surface area contributed by atoms with Crippen molar-refractivity contribution in [2.24, 2.45) is 11.8 Å². The quantitative estimate of drug-likeness (QED) is 0.826. The van der Waals surface area contributed by atoms with Gasteiger partial charge in [0.2, 0.25) is 0 Å². The van der Waals surface area contributed by atoms with E-state index in [0.29, 0.717) is 6.04 Å². The van der Waals surface area contributed by atoms with Crippen LogP contribution in [0, 0.1) is 11.8 Å². The average molecular weight is 263 g/mol. The van der Waals surface area contributed by atoms with Crippen molar-refractivity contribution in [1.82, 2.24) is 5.32 Å². The minimum absolute atomic E-state index is 0.637. The van der Waals surface area contributed by atoms with Gasteiger partial charge in [-0.3, -0.25) is 0 Å². The van der Waals surface area contributed by atoms with E-state index >= 15 is 0 Å². The second-order valence-corrected chi connectivity index (χ2v) is 7.29. The van der Waals surface area contributed by atoms with Crippen molar-refractivity contribution < 1.29 is 0 Å². The third-order valence-corrected chi connectivity index (χ3v) is 6.17. The van der Waals surface area contributed by atoms with Gasteiger partial charge in [-0.05, 0) is 54.5 Å². The van der Waals surface area contributed by atoms with Crippen LogP contribution in [0.5, 0.6) is 0 Å². The number of fused-ring (bicyclic) bond motifs is 1. The molecule has 0 spiro atoms. The van der Waals surface area contributed by atoms with Crippen LogP contribution < -0.4 is 5.32 Å². The van der Waals surface area contributed by atoms with Gasteiger partial charge in [-0.1, -0.05) is 26.7 Å². The predicted octanol–water partition coefficient (Wildman–Crippen LogP) is 4.54. The highest BCUT2D eigenvalue weighted by molar-refractivity contribution is 7.10. The summed E-state index contributed by atoms with van der Waals surface area (Å²) in [4.78, 5) is 1.63. The molecule has 4 unspecified atom stereocenters. The molecule has 2 heteroatoms. The van der Waals surface area contributed by atoms with E-state index in [-0.39, 0.29) is 0 Å². The largest absolute Gasteiger partial charge is 0.307 e. The van der Waals surface area contributed by atoms with Crippen molar-refractivity contribution in [2.45, 2.75) is 64.5 Å². The summed E-state index contributed by atoms with van der Waals surface area (Å²) in [6, 6.07) is 3.73. The van der Waals surface area contributed by atoms with Gasteiger partial charge in [0.25, 0.3) is 0 Å². The molecule has 0 radical (unpaired) electrons. The molecule has 1 heterocycles. The van der Waals surface area contributed by atoms with Crippen molar-refractivity contribution >= 4 is 11.3 Å². The smallest absolute Gasteiger partial charge is 0.0333 e. The molecule has 0 aliphatic heterocycles. The molecule has 1 aromatic rings. The van der Waals surface area contributed by atoms with Gasteiger partial charge in [0.1, 0.15) is 0 Å². The molecule has 0 amide bonds. The molecule has 18 heavy (non-hydrogen) atoms. The van der Waals surface area contributed by atoms with Gasteiger partial charge in [-0.15, -0.1) is 11.3 Å². The molecule has 1 aromatic heterocycles. The first-order chi connectivity index (χ1) is 8.75. The Bertz CT molecular complexity index is 398. The first-order valence-electron chi connectivity index (χ1n) is 7.58. The van der Waals surface area contributed by atoms with E-state index in [1.807, 2.05) is 11.3 Å². The zero-order chi connectivity index (χ0) is 12.5. The van der Waals surface area contributed by atoms with Gasteiger partial charge in [-0.25, -0.2) is 0 Å². The first kappa shape index (κ1) is 12.7. The summed E-state index contributed by atoms with van der Waals surface area (Å²) in [5.41, 5.74) is 1.61. The fourth-order valence-corrected chi connectivity index (χ4v) is 4.72. The van der Waals surface area contributed by atoms with Crippen molar-refractivity contribution in [2.75, 3.05) is 0 Å². The van der Waals surface area contributed by atoms with Gasteiger partial charge >= 0.3 is 0 Å². The number of aryl methyl sites for hydroxylation is 1. The minimum Gasteiger partial charge on any atom is -0.307 e. The predicted molar refractivity (Wildman–Crippen MR) is 79.1 cm³/mol. The Morgan fingerprint density at radius 1 is 1.17 bits per heavy atom. The van der Waals surface area contributed by atoms with E-state index in [1.165, 1.54) is 38.5 Å². The van der Waals surface area contributed by atoms with Gasteiger partial charge in [0, 0.05) is 17.0 Å². The molecule has 2 aliphatic carbocycles. The van der Waals surface area contributed by atoms with Crippen molar-refractivity contribution in [3.63, 3.8) is 0 Å². The summed E-state index contributed by atoms with van der Waals surface area (Å²) < 4.78 is 0. The van der Waals surface area contributed by atoms with E-state index in [9.17, 15) is 0 Å². The molecule has 1 saturated carbocycles. The third-order valence-electron chi connectivity index (χ3n) is 5.17. The third kappa shape index (κ3) is 2.37. The van der Waals surface area contributed by atoms with Gasteiger partial charge < -0.3 is 5.32 Å². The summed E-state index contributed by atoms with van der Waals surface area (Å²) in [5, 5.41) is 6.26. The SMILES string of the molecule is CC1CCCC(NC2CCCc3sccc32)C1C. The van der Waals surface area contributed by atoms with Gasteiger partial charge in [-0.2, -0.15) is 0 Å². The molecule has 3 rings (SSSR count). The molecule has 0 saturated heterocycles. The Balaban J connectivity index is 1.70. The standard InChI is InChI=1S/C16H25NS/c1-11-5-3-6-14(12(11)2)17-15-7-4-8-16-13(15)9-10-18-16/h9-12,14-15,17H,3-8H2,1-2H3. The topological polar surface area (TPSA) is 12.0 Å². The normalized spacial score (nSPS) is 36.3. The Labute approximate surface area is 115 Å². The molecule has 4 atom stereocenters. The molecule has 0 bridgehead atoms. The summed E-state index contributed by atoms with van der Waals surface area (Å²) in [5.74, 6) is 1.73. The van der Waals surface area contributed by atoms with Crippen LogP contribution in [0.25, 0.3) is 0 Å². The number of nitrogens with one attached hydrogen (secondary N) is 1. The van der Waals surface area contributed by atoms with Crippen LogP contribution in [0.4, 0.5) is 0 Å². The van der Waals surface area contributed by atoms with Crippen LogP contribution in [0.3, 0.4) is 0 Å². The van der Waals surface area contributed by atoms with E-state index in [4.69, 9.17) is 0 Å². The van der Waals surface area contributed by atoms with E-state index in [0.717, 1.165) is 17.9 Å². The maximum atomic E-state index is 3.99. The summed E-state index contributed by atoms with van der Waals surface area (Å²) in [6.07, 6.45) is 8.21. The Kier molecular flexibility index (Phi) is 3.76. The van der Waals surface area contributed by atoms with E-state index in [1.54, 1.807) is 10.4 Å². The lowest BCUT2D eigenvalue weighted by molar-refractivity contribution is 0.189. The highest BCUT2D eigenvalue weighted by Gasteiger charge is 2.30. The molecule has 100 valence electrons. The summed E-state index contributed by atoms with van der Waals surface area (Å²) in [7, 11) is 0. The Hall–Kier alpha value is -0.340. The lowest BCUT2D eigenvalue weighted by atomic mass is 9.77. The zero-order valence-electron chi connectivity index (χ0n) is 11.6. The molecule has 1 N–H and O–H groups in total. The second kappa shape index (κ2) is 5.34. The Morgan fingerprint density at radius 3 is 2.94 bits per heavy atom. The monoisotopic (exact) mass is 263 g/mol. The lowest BCUT2D eigenvalue weighted by Gasteiger charge is -2.38. The van der Waals surface area contributed by atoms with Crippen molar-refractivity contribution in [1.29, 1.82) is 0 Å². The first-order valence-corrected chi connectivity index (χ1v) is 8.46. The van der Waals surface area contributed by atoms with Crippen molar-refractivity contribution in [3.05, 3.63) is 21.9 Å². The number of hydrogen-bond donors (Lipinski definition) is 1. The van der Waals surface area contributed by atoms with Crippen molar-refractivity contribution in [3.8, 4) is 0 Å². The molecule has 2 aliphatic rings. The Morgan fingerprint density at radius 2 is 2.06 bits per heavy atom. The van der Waals surface area contributed by atoms with Gasteiger partial charge in [0.05, 0.1) is 0 Å². The summed E-state index contributed by atoms with van der Waals surface area (Å²) in [6.45, 7) is 4.87. The second-order valence-electron chi connectivity index (χ2n) is 6.28.